The van der Waals surface area contributed by atoms with Crippen LogP contribution in [0.1, 0.15) is 47.2 Å². The fourth-order valence-electron chi connectivity index (χ4n) is 4.57. The van der Waals surface area contributed by atoms with Gasteiger partial charge in [-0.1, -0.05) is 12.1 Å². The van der Waals surface area contributed by atoms with E-state index in [0.29, 0.717) is 18.2 Å². The average molecular weight is 432 g/mol. The third-order valence-electron chi connectivity index (χ3n) is 6.62. The summed E-state index contributed by atoms with van der Waals surface area (Å²) in [5.74, 6) is 1.40. The van der Waals surface area contributed by atoms with Gasteiger partial charge in [0.25, 0.3) is 5.91 Å². The van der Waals surface area contributed by atoms with Crippen LogP contribution in [0, 0.1) is 6.92 Å². The van der Waals surface area contributed by atoms with E-state index >= 15 is 0 Å². The van der Waals surface area contributed by atoms with E-state index in [4.69, 9.17) is 9.47 Å². The topological polar surface area (TPSA) is 72.5 Å². The number of fused-ring (bicyclic) bond motifs is 1. The highest BCUT2D eigenvalue weighted by Crippen LogP contribution is 2.49. The van der Waals surface area contributed by atoms with Crippen LogP contribution in [0.25, 0.3) is 10.9 Å². The number of aryl methyl sites for hydroxylation is 1. The Kier molecular flexibility index (Phi) is 5.47. The van der Waals surface area contributed by atoms with Gasteiger partial charge in [-0.05, 0) is 74.5 Å². The largest absolute Gasteiger partial charge is 0.497 e. The quantitative estimate of drug-likeness (QED) is 0.589. The van der Waals surface area contributed by atoms with E-state index in [-0.39, 0.29) is 5.91 Å². The van der Waals surface area contributed by atoms with E-state index in [1.54, 1.807) is 13.3 Å². The number of methoxy groups -OCH3 is 1. The van der Waals surface area contributed by atoms with Crippen molar-refractivity contribution < 1.29 is 14.3 Å². The number of hydrogen-bond acceptors (Lipinski definition) is 5. The van der Waals surface area contributed by atoms with Gasteiger partial charge in [-0.2, -0.15) is 0 Å². The van der Waals surface area contributed by atoms with Crippen LogP contribution in [0.2, 0.25) is 0 Å². The maximum absolute atomic E-state index is 13.4. The molecule has 0 radical (unpaired) electrons. The SMILES string of the molecule is COc1cc(C2(NC(=O)c3cc(OC[C@@H]4CCCN4)ccc3C)CC2)c2cccnc2c1. The van der Waals surface area contributed by atoms with Crippen LogP contribution in [-0.2, 0) is 5.54 Å². The Labute approximate surface area is 188 Å². The molecule has 0 unspecified atom stereocenters. The van der Waals surface area contributed by atoms with Crippen molar-refractivity contribution in [2.24, 2.45) is 0 Å². The van der Waals surface area contributed by atoms with Crippen molar-refractivity contribution in [3.8, 4) is 11.5 Å². The molecule has 6 nitrogen and oxygen atoms in total. The maximum atomic E-state index is 13.4. The van der Waals surface area contributed by atoms with Gasteiger partial charge in [-0.15, -0.1) is 0 Å². The Morgan fingerprint density at radius 1 is 1.22 bits per heavy atom. The minimum atomic E-state index is -0.399. The Bertz CT molecular complexity index is 1150. The minimum Gasteiger partial charge on any atom is -0.497 e. The van der Waals surface area contributed by atoms with Gasteiger partial charge < -0.3 is 20.1 Å². The summed E-state index contributed by atoms with van der Waals surface area (Å²) in [6, 6.07) is 14.1. The van der Waals surface area contributed by atoms with Crippen molar-refractivity contribution in [3.63, 3.8) is 0 Å². The molecule has 32 heavy (non-hydrogen) atoms. The first kappa shape index (κ1) is 20.8. The number of ether oxygens (including phenoxy) is 2. The average Bonchev–Trinajstić information content (AvgIpc) is 3.39. The van der Waals surface area contributed by atoms with E-state index < -0.39 is 5.54 Å². The van der Waals surface area contributed by atoms with Gasteiger partial charge in [0.2, 0.25) is 0 Å². The number of rotatable bonds is 7. The molecule has 6 heteroatoms. The summed E-state index contributed by atoms with van der Waals surface area (Å²) >= 11 is 0. The van der Waals surface area contributed by atoms with E-state index in [1.807, 2.05) is 43.3 Å². The van der Waals surface area contributed by atoms with E-state index in [9.17, 15) is 4.79 Å². The first-order valence-electron chi connectivity index (χ1n) is 11.3. The van der Waals surface area contributed by atoms with Crippen molar-refractivity contribution in [3.05, 3.63) is 65.4 Å². The monoisotopic (exact) mass is 431 g/mol. The molecule has 1 aliphatic heterocycles. The summed E-state index contributed by atoms with van der Waals surface area (Å²) in [5, 5.41) is 7.80. The molecule has 166 valence electrons. The van der Waals surface area contributed by atoms with Crippen LogP contribution in [0.5, 0.6) is 11.5 Å². The number of carbonyl (C=O) groups is 1. The van der Waals surface area contributed by atoms with E-state index in [2.05, 4.69) is 21.7 Å². The molecule has 2 heterocycles. The lowest BCUT2D eigenvalue weighted by Gasteiger charge is -2.22. The number of carbonyl (C=O) groups excluding carboxylic acids is 1. The molecule has 3 aromatic rings. The summed E-state index contributed by atoms with van der Waals surface area (Å²) in [6.07, 6.45) is 5.87. The van der Waals surface area contributed by atoms with E-state index in [0.717, 1.165) is 59.3 Å². The molecule has 1 saturated carbocycles. The molecule has 0 bridgehead atoms. The minimum absolute atomic E-state index is 0.0794. The number of nitrogens with one attached hydrogen (secondary N) is 2. The van der Waals surface area contributed by atoms with Gasteiger partial charge in [0.05, 0.1) is 18.2 Å². The zero-order valence-electron chi connectivity index (χ0n) is 18.6. The highest BCUT2D eigenvalue weighted by atomic mass is 16.5. The summed E-state index contributed by atoms with van der Waals surface area (Å²) in [5.41, 5.74) is 3.12. The third-order valence-corrected chi connectivity index (χ3v) is 6.62. The molecule has 0 spiro atoms. The fourth-order valence-corrected chi connectivity index (χ4v) is 4.57. The summed E-state index contributed by atoms with van der Waals surface area (Å²) < 4.78 is 11.5. The normalized spacial score (nSPS) is 19.0. The molecule has 2 aliphatic rings. The molecule has 1 aromatic heterocycles. The lowest BCUT2D eigenvalue weighted by Crippen LogP contribution is -2.35. The molecule has 1 saturated heterocycles. The number of pyridine rings is 1. The molecule has 2 aromatic carbocycles. The number of hydrogen-bond donors (Lipinski definition) is 2. The Balaban J connectivity index is 1.39. The van der Waals surface area contributed by atoms with Crippen LogP contribution >= 0.6 is 0 Å². The van der Waals surface area contributed by atoms with Gasteiger partial charge in [0.1, 0.15) is 18.1 Å². The van der Waals surface area contributed by atoms with Gasteiger partial charge in [0.15, 0.2) is 0 Å². The first-order valence-corrected chi connectivity index (χ1v) is 11.3. The standard InChI is InChI=1S/C26H29N3O3/c1-17-7-8-19(32-16-18-5-3-11-27-18)13-22(17)25(30)29-26(9-10-26)23-14-20(31-2)15-24-21(23)6-4-12-28-24/h4,6-8,12-15,18,27H,3,5,9-11,16H2,1-2H3,(H,29,30)/t18-/m0/s1. The predicted octanol–water partition coefficient (Wildman–Crippen LogP) is 4.10. The highest BCUT2D eigenvalue weighted by Gasteiger charge is 2.47. The Hall–Kier alpha value is -3.12. The molecule has 2 fully saturated rings. The molecule has 2 N–H and O–H groups in total. The fraction of sp³-hybridized carbons (Fsp3) is 0.385. The van der Waals surface area contributed by atoms with Gasteiger partial charge >= 0.3 is 0 Å². The number of aromatic nitrogens is 1. The summed E-state index contributed by atoms with van der Waals surface area (Å²) in [7, 11) is 1.65. The van der Waals surface area contributed by atoms with Gasteiger partial charge in [0, 0.05) is 29.3 Å². The number of amides is 1. The van der Waals surface area contributed by atoms with E-state index in [1.165, 1.54) is 6.42 Å². The van der Waals surface area contributed by atoms with Crippen LogP contribution in [0.15, 0.2) is 48.7 Å². The molecule has 1 aliphatic carbocycles. The Morgan fingerprint density at radius 3 is 2.84 bits per heavy atom. The van der Waals surface area contributed by atoms with Crippen LogP contribution in [0.3, 0.4) is 0 Å². The van der Waals surface area contributed by atoms with Gasteiger partial charge in [-0.25, -0.2) is 0 Å². The van der Waals surface area contributed by atoms with Crippen molar-refractivity contribution >= 4 is 16.8 Å². The van der Waals surface area contributed by atoms with Crippen molar-refractivity contribution in [2.75, 3.05) is 20.3 Å². The first-order chi connectivity index (χ1) is 15.6. The second-order valence-corrected chi connectivity index (χ2v) is 8.86. The summed E-state index contributed by atoms with van der Waals surface area (Å²) in [6.45, 7) is 3.63. The molecule has 1 amide bonds. The molecular formula is C26H29N3O3. The molecule has 5 rings (SSSR count). The lowest BCUT2D eigenvalue weighted by molar-refractivity contribution is 0.0930. The predicted molar refractivity (Wildman–Crippen MR) is 124 cm³/mol. The van der Waals surface area contributed by atoms with Crippen molar-refractivity contribution in [1.29, 1.82) is 0 Å². The zero-order chi connectivity index (χ0) is 22.1. The number of benzene rings is 2. The zero-order valence-corrected chi connectivity index (χ0v) is 18.6. The Morgan fingerprint density at radius 2 is 2.09 bits per heavy atom. The maximum Gasteiger partial charge on any atom is 0.252 e. The molecular weight excluding hydrogens is 402 g/mol. The van der Waals surface area contributed by atoms with Crippen molar-refractivity contribution in [1.82, 2.24) is 15.6 Å². The van der Waals surface area contributed by atoms with Crippen LogP contribution < -0.4 is 20.1 Å². The second-order valence-electron chi connectivity index (χ2n) is 8.86. The summed E-state index contributed by atoms with van der Waals surface area (Å²) in [4.78, 5) is 17.9. The smallest absolute Gasteiger partial charge is 0.252 e. The third kappa shape index (κ3) is 4.02. The molecule has 1 atom stereocenters. The van der Waals surface area contributed by atoms with Crippen molar-refractivity contribution in [2.45, 2.75) is 44.2 Å². The van der Waals surface area contributed by atoms with Gasteiger partial charge in [-0.3, -0.25) is 9.78 Å². The lowest BCUT2D eigenvalue weighted by atomic mass is 9.97. The highest BCUT2D eigenvalue weighted by molar-refractivity contribution is 5.97. The van der Waals surface area contributed by atoms with Crippen LogP contribution in [0.4, 0.5) is 0 Å². The number of nitrogens with zero attached hydrogens (tertiary/aromatic N) is 1. The van der Waals surface area contributed by atoms with Crippen LogP contribution in [-0.4, -0.2) is 37.2 Å². The second kappa shape index (κ2) is 8.43.